The lowest BCUT2D eigenvalue weighted by molar-refractivity contribution is -0.132. The van der Waals surface area contributed by atoms with Crippen LogP contribution in [0.25, 0.3) is 10.9 Å². The van der Waals surface area contributed by atoms with E-state index in [2.05, 4.69) is 48.3 Å². The summed E-state index contributed by atoms with van der Waals surface area (Å²) in [5.74, 6) is -0.0554. The van der Waals surface area contributed by atoms with Gasteiger partial charge in [0.1, 0.15) is 6.54 Å². The van der Waals surface area contributed by atoms with E-state index in [1.807, 2.05) is 54.4 Å². The standard InChI is InChI=1S/C31H33N3O2/c1-22-11-13-24(14-12-22)20-33(18-17-25-19-32-29-10-6-5-9-28(25)29)30(35)21-34(26-15-16-26)31(36)27-8-4-3-7-23(27)2/h3-14,19,26,32H,15-18,20-21H2,1-2H3. The van der Waals surface area contributed by atoms with Crippen LogP contribution in [-0.4, -0.2) is 45.7 Å². The molecule has 3 aromatic carbocycles. The first-order chi connectivity index (χ1) is 17.5. The van der Waals surface area contributed by atoms with Crippen LogP contribution in [0.1, 0.15) is 45.5 Å². The molecule has 0 spiro atoms. The molecule has 2 amide bonds. The molecule has 0 aliphatic heterocycles. The van der Waals surface area contributed by atoms with Gasteiger partial charge in [0.25, 0.3) is 5.91 Å². The lowest BCUT2D eigenvalue weighted by Crippen LogP contribution is -2.44. The van der Waals surface area contributed by atoms with Crippen molar-refractivity contribution in [3.8, 4) is 0 Å². The molecule has 0 atom stereocenters. The highest BCUT2D eigenvalue weighted by Gasteiger charge is 2.35. The lowest BCUT2D eigenvalue weighted by atomic mass is 10.1. The van der Waals surface area contributed by atoms with E-state index >= 15 is 0 Å². The zero-order valence-corrected chi connectivity index (χ0v) is 21.0. The summed E-state index contributed by atoms with van der Waals surface area (Å²) in [5, 5.41) is 1.19. The SMILES string of the molecule is Cc1ccc(CN(CCc2c[nH]c3ccccc23)C(=O)CN(C(=O)c2ccccc2C)C2CC2)cc1. The van der Waals surface area contributed by atoms with Gasteiger partial charge in [0.05, 0.1) is 0 Å². The third-order valence-electron chi connectivity index (χ3n) is 7.10. The van der Waals surface area contributed by atoms with E-state index in [1.54, 1.807) is 4.90 Å². The number of H-pyrrole nitrogens is 1. The Morgan fingerprint density at radius 1 is 0.917 bits per heavy atom. The van der Waals surface area contributed by atoms with Gasteiger partial charge in [-0.15, -0.1) is 0 Å². The number of aromatic nitrogens is 1. The second-order valence-corrected chi connectivity index (χ2v) is 9.89. The highest BCUT2D eigenvalue weighted by Crippen LogP contribution is 2.29. The smallest absolute Gasteiger partial charge is 0.254 e. The molecule has 5 nitrogen and oxygen atoms in total. The molecule has 1 aliphatic rings. The maximum atomic E-state index is 13.7. The van der Waals surface area contributed by atoms with E-state index in [0.717, 1.165) is 35.9 Å². The molecule has 0 radical (unpaired) electrons. The fourth-order valence-electron chi connectivity index (χ4n) is 4.77. The molecule has 1 saturated carbocycles. The summed E-state index contributed by atoms with van der Waals surface area (Å²) in [6.07, 6.45) is 4.70. The minimum Gasteiger partial charge on any atom is -0.361 e. The number of carbonyl (C=O) groups excluding carboxylic acids is 2. The van der Waals surface area contributed by atoms with Crippen LogP contribution in [-0.2, 0) is 17.8 Å². The van der Waals surface area contributed by atoms with Gasteiger partial charge in [-0.05, 0) is 61.9 Å². The van der Waals surface area contributed by atoms with E-state index in [-0.39, 0.29) is 24.4 Å². The van der Waals surface area contributed by atoms with Crippen LogP contribution in [0.2, 0.25) is 0 Å². The number of benzene rings is 3. The fourth-order valence-corrected chi connectivity index (χ4v) is 4.77. The first-order valence-corrected chi connectivity index (χ1v) is 12.7. The predicted octanol–water partition coefficient (Wildman–Crippen LogP) is 5.66. The predicted molar refractivity (Wildman–Crippen MR) is 144 cm³/mol. The molecule has 36 heavy (non-hydrogen) atoms. The summed E-state index contributed by atoms with van der Waals surface area (Å²) >= 11 is 0. The summed E-state index contributed by atoms with van der Waals surface area (Å²) in [6, 6.07) is 24.3. The van der Waals surface area contributed by atoms with Crippen molar-refractivity contribution in [2.45, 2.75) is 45.7 Å². The first-order valence-electron chi connectivity index (χ1n) is 12.7. The number of fused-ring (bicyclic) bond motifs is 1. The van der Waals surface area contributed by atoms with Crippen LogP contribution >= 0.6 is 0 Å². The zero-order valence-electron chi connectivity index (χ0n) is 21.0. The Hall–Kier alpha value is -3.86. The maximum absolute atomic E-state index is 13.7. The van der Waals surface area contributed by atoms with Crippen LogP contribution in [0.15, 0.2) is 79.0 Å². The van der Waals surface area contributed by atoms with Crippen molar-refractivity contribution in [1.82, 2.24) is 14.8 Å². The Balaban J connectivity index is 1.36. The van der Waals surface area contributed by atoms with E-state index in [4.69, 9.17) is 0 Å². The number of aromatic amines is 1. The molecule has 184 valence electrons. The summed E-state index contributed by atoms with van der Waals surface area (Å²) in [5.41, 5.74) is 6.21. The zero-order chi connectivity index (χ0) is 25.1. The molecule has 0 bridgehead atoms. The van der Waals surface area contributed by atoms with Gasteiger partial charge in [0, 0.05) is 41.8 Å². The number of amides is 2. The monoisotopic (exact) mass is 479 g/mol. The largest absolute Gasteiger partial charge is 0.361 e. The average molecular weight is 480 g/mol. The van der Waals surface area contributed by atoms with Crippen LogP contribution in [0.4, 0.5) is 0 Å². The summed E-state index contributed by atoms with van der Waals surface area (Å²) in [4.78, 5) is 34.2. The summed E-state index contributed by atoms with van der Waals surface area (Å²) in [6.45, 7) is 5.24. The van der Waals surface area contributed by atoms with Gasteiger partial charge < -0.3 is 14.8 Å². The molecule has 5 heteroatoms. The highest BCUT2D eigenvalue weighted by atomic mass is 16.2. The van der Waals surface area contributed by atoms with Crippen LogP contribution < -0.4 is 0 Å². The third kappa shape index (κ3) is 5.35. The van der Waals surface area contributed by atoms with Crippen molar-refractivity contribution in [3.63, 3.8) is 0 Å². The maximum Gasteiger partial charge on any atom is 0.254 e. The number of carbonyl (C=O) groups is 2. The Bertz CT molecular complexity index is 1370. The van der Waals surface area contributed by atoms with Gasteiger partial charge in [-0.25, -0.2) is 0 Å². The van der Waals surface area contributed by atoms with Gasteiger partial charge in [-0.2, -0.15) is 0 Å². The number of nitrogens with one attached hydrogen (secondary N) is 1. The number of aryl methyl sites for hydroxylation is 2. The van der Waals surface area contributed by atoms with Gasteiger partial charge >= 0.3 is 0 Å². The molecular formula is C31H33N3O2. The Morgan fingerprint density at radius 2 is 1.64 bits per heavy atom. The molecule has 1 heterocycles. The third-order valence-corrected chi connectivity index (χ3v) is 7.10. The summed E-state index contributed by atoms with van der Waals surface area (Å²) in [7, 11) is 0. The normalized spacial score (nSPS) is 13.1. The van der Waals surface area contributed by atoms with Gasteiger partial charge in [-0.1, -0.05) is 66.2 Å². The second kappa shape index (κ2) is 10.4. The van der Waals surface area contributed by atoms with E-state index in [9.17, 15) is 9.59 Å². The summed E-state index contributed by atoms with van der Waals surface area (Å²) < 4.78 is 0. The van der Waals surface area contributed by atoms with Crippen molar-refractivity contribution in [2.75, 3.05) is 13.1 Å². The molecule has 0 saturated heterocycles. The van der Waals surface area contributed by atoms with Gasteiger partial charge in [-0.3, -0.25) is 9.59 Å². The number of rotatable bonds is 9. The first kappa shape index (κ1) is 23.9. The van der Waals surface area contributed by atoms with Gasteiger partial charge in [0.15, 0.2) is 0 Å². The highest BCUT2D eigenvalue weighted by molar-refractivity contribution is 5.98. The van der Waals surface area contributed by atoms with Crippen LogP contribution in [0, 0.1) is 13.8 Å². The topological polar surface area (TPSA) is 56.4 Å². The van der Waals surface area contributed by atoms with Crippen molar-refractivity contribution >= 4 is 22.7 Å². The van der Waals surface area contributed by atoms with Crippen molar-refractivity contribution in [3.05, 3.63) is 107 Å². The fraction of sp³-hybridized carbons (Fsp3) is 0.290. The molecular weight excluding hydrogens is 446 g/mol. The molecule has 1 aliphatic carbocycles. The van der Waals surface area contributed by atoms with Crippen LogP contribution in [0.5, 0.6) is 0 Å². The van der Waals surface area contributed by atoms with Crippen molar-refractivity contribution in [2.24, 2.45) is 0 Å². The van der Waals surface area contributed by atoms with Gasteiger partial charge in [0.2, 0.25) is 5.91 Å². The Morgan fingerprint density at radius 3 is 2.39 bits per heavy atom. The molecule has 5 rings (SSSR count). The van der Waals surface area contributed by atoms with E-state index in [1.165, 1.54) is 16.5 Å². The molecule has 1 fully saturated rings. The van der Waals surface area contributed by atoms with Crippen molar-refractivity contribution in [1.29, 1.82) is 0 Å². The van der Waals surface area contributed by atoms with E-state index in [0.29, 0.717) is 18.7 Å². The van der Waals surface area contributed by atoms with Crippen molar-refractivity contribution < 1.29 is 9.59 Å². The number of nitrogens with zero attached hydrogens (tertiary/aromatic N) is 2. The average Bonchev–Trinajstić information content (AvgIpc) is 3.65. The Labute approximate surface area is 212 Å². The molecule has 1 N–H and O–H groups in total. The van der Waals surface area contributed by atoms with Crippen LogP contribution in [0.3, 0.4) is 0 Å². The molecule has 4 aromatic rings. The molecule has 0 unspecified atom stereocenters. The second-order valence-electron chi connectivity index (χ2n) is 9.89. The molecule has 1 aromatic heterocycles. The lowest BCUT2D eigenvalue weighted by Gasteiger charge is -2.28. The quantitative estimate of drug-likeness (QED) is 0.337. The minimum absolute atomic E-state index is 0.00995. The van der Waals surface area contributed by atoms with E-state index < -0.39 is 0 Å². The minimum atomic E-state index is -0.0455. The number of hydrogen-bond acceptors (Lipinski definition) is 2. The Kier molecular flexibility index (Phi) is 6.90. The number of para-hydroxylation sites is 1. The number of hydrogen-bond donors (Lipinski definition) is 1.